The Morgan fingerprint density at radius 1 is 1.00 bits per heavy atom. The van der Waals surface area contributed by atoms with Gasteiger partial charge in [-0.1, -0.05) is 41.4 Å². The summed E-state index contributed by atoms with van der Waals surface area (Å²) in [6.45, 7) is 0.448. The van der Waals surface area contributed by atoms with Crippen molar-refractivity contribution in [2.45, 2.75) is 19.4 Å². The Bertz CT molecular complexity index is 992. The molecule has 0 spiro atoms. The van der Waals surface area contributed by atoms with Gasteiger partial charge in [0.15, 0.2) is 5.13 Å². The Labute approximate surface area is 182 Å². The Morgan fingerprint density at radius 3 is 2.55 bits per heavy atom. The minimum atomic E-state index is -0.408. The molecule has 6 nitrogen and oxygen atoms in total. The molecule has 3 aromatic rings. The van der Waals surface area contributed by atoms with Crippen LogP contribution < -0.4 is 16.0 Å². The van der Waals surface area contributed by atoms with E-state index in [0.717, 1.165) is 11.3 Å². The number of benzene rings is 2. The second-order valence-corrected chi connectivity index (χ2v) is 7.87. The predicted octanol–water partition coefficient (Wildman–Crippen LogP) is 5.34. The molecule has 0 unspecified atom stereocenters. The van der Waals surface area contributed by atoms with Gasteiger partial charge < -0.3 is 10.6 Å². The molecule has 3 N–H and O–H groups in total. The van der Waals surface area contributed by atoms with Crippen molar-refractivity contribution in [1.29, 1.82) is 0 Å². The first kappa shape index (κ1) is 21.1. The van der Waals surface area contributed by atoms with Gasteiger partial charge in [-0.15, -0.1) is 11.3 Å². The van der Waals surface area contributed by atoms with E-state index in [0.29, 0.717) is 40.3 Å². The van der Waals surface area contributed by atoms with Crippen molar-refractivity contribution in [1.82, 2.24) is 10.3 Å². The highest BCUT2D eigenvalue weighted by Crippen LogP contribution is 2.18. The maximum atomic E-state index is 12.0. The summed E-state index contributed by atoms with van der Waals surface area (Å²) in [6.07, 6.45) is 0.798. The topological polar surface area (TPSA) is 83.1 Å². The monoisotopic (exact) mass is 448 g/mol. The molecular weight excluding hydrogens is 431 g/mol. The number of anilines is 2. The molecule has 2 aromatic carbocycles. The van der Waals surface area contributed by atoms with Crippen LogP contribution in [0.2, 0.25) is 10.0 Å². The second kappa shape index (κ2) is 10.2. The van der Waals surface area contributed by atoms with Crippen molar-refractivity contribution in [3.8, 4) is 0 Å². The first-order valence-corrected chi connectivity index (χ1v) is 10.4. The maximum Gasteiger partial charge on any atom is 0.325 e. The SMILES string of the molecule is O=C(CCc1csc(NC(=O)Nc2cccc(Cl)c2)n1)NCc1ccc(Cl)cc1. The molecular formula is C20H18Cl2N4O2S. The zero-order valence-electron chi connectivity index (χ0n) is 15.2. The molecule has 0 bridgehead atoms. The van der Waals surface area contributed by atoms with Crippen LogP contribution >= 0.6 is 34.5 Å². The standard InChI is InChI=1S/C20H18Cl2N4O2S/c21-14-6-4-13(5-7-14)11-23-18(27)9-8-17-12-29-20(25-17)26-19(28)24-16-3-1-2-15(22)10-16/h1-7,10,12H,8-9,11H2,(H,23,27)(H2,24,25,26,28). The number of halogens is 2. The summed E-state index contributed by atoms with van der Waals surface area (Å²) in [6, 6.07) is 13.8. The minimum absolute atomic E-state index is 0.0684. The van der Waals surface area contributed by atoms with Crippen LogP contribution in [-0.4, -0.2) is 16.9 Å². The summed E-state index contributed by atoms with van der Waals surface area (Å²) in [5.41, 5.74) is 2.31. The van der Waals surface area contributed by atoms with E-state index in [2.05, 4.69) is 20.9 Å². The van der Waals surface area contributed by atoms with Crippen LogP contribution in [0.5, 0.6) is 0 Å². The predicted molar refractivity (Wildman–Crippen MR) is 118 cm³/mol. The number of urea groups is 1. The normalized spacial score (nSPS) is 10.4. The molecule has 3 rings (SSSR count). The molecule has 3 amide bonds. The van der Waals surface area contributed by atoms with Crippen LogP contribution in [0.15, 0.2) is 53.9 Å². The van der Waals surface area contributed by atoms with Crippen LogP contribution in [0.3, 0.4) is 0 Å². The number of hydrogen-bond donors (Lipinski definition) is 3. The van der Waals surface area contributed by atoms with Gasteiger partial charge in [-0.2, -0.15) is 0 Å². The molecule has 29 heavy (non-hydrogen) atoms. The zero-order valence-corrected chi connectivity index (χ0v) is 17.6. The molecule has 0 aliphatic carbocycles. The number of aryl methyl sites for hydroxylation is 1. The highest BCUT2D eigenvalue weighted by molar-refractivity contribution is 7.13. The summed E-state index contributed by atoms with van der Waals surface area (Å²) >= 11 is 13.0. The molecule has 150 valence electrons. The number of aromatic nitrogens is 1. The summed E-state index contributed by atoms with van der Waals surface area (Å²) in [7, 11) is 0. The van der Waals surface area contributed by atoms with Gasteiger partial charge in [0.2, 0.25) is 5.91 Å². The lowest BCUT2D eigenvalue weighted by atomic mass is 10.2. The van der Waals surface area contributed by atoms with Gasteiger partial charge in [0.1, 0.15) is 0 Å². The highest BCUT2D eigenvalue weighted by atomic mass is 35.5. The summed E-state index contributed by atoms with van der Waals surface area (Å²) in [5.74, 6) is -0.0684. The fraction of sp³-hybridized carbons (Fsp3) is 0.150. The molecule has 9 heteroatoms. The third kappa shape index (κ3) is 7.05. The Balaban J connectivity index is 1.41. The first-order chi connectivity index (χ1) is 14.0. The molecule has 0 radical (unpaired) electrons. The van der Waals surface area contributed by atoms with Crippen molar-refractivity contribution in [3.63, 3.8) is 0 Å². The fourth-order valence-corrected chi connectivity index (χ4v) is 3.49. The van der Waals surface area contributed by atoms with Crippen LogP contribution in [0.25, 0.3) is 0 Å². The van der Waals surface area contributed by atoms with Crippen molar-refractivity contribution < 1.29 is 9.59 Å². The van der Waals surface area contributed by atoms with E-state index in [1.54, 1.807) is 36.4 Å². The lowest BCUT2D eigenvalue weighted by Gasteiger charge is -2.05. The summed E-state index contributed by atoms with van der Waals surface area (Å²) < 4.78 is 0. The van der Waals surface area contributed by atoms with Crippen molar-refractivity contribution in [2.24, 2.45) is 0 Å². The molecule has 0 saturated carbocycles. The number of thiazole rings is 1. The van der Waals surface area contributed by atoms with E-state index in [-0.39, 0.29) is 5.91 Å². The molecule has 0 saturated heterocycles. The van der Waals surface area contributed by atoms with E-state index in [1.165, 1.54) is 11.3 Å². The van der Waals surface area contributed by atoms with Crippen molar-refractivity contribution >= 4 is 57.3 Å². The van der Waals surface area contributed by atoms with E-state index in [1.807, 2.05) is 17.5 Å². The van der Waals surface area contributed by atoms with Gasteiger partial charge >= 0.3 is 6.03 Å². The van der Waals surface area contributed by atoms with E-state index >= 15 is 0 Å². The summed E-state index contributed by atoms with van der Waals surface area (Å²) in [5, 5.41) is 11.7. The molecule has 0 fully saturated rings. The number of carbonyl (C=O) groups excluding carboxylic acids is 2. The number of hydrogen-bond acceptors (Lipinski definition) is 4. The second-order valence-electron chi connectivity index (χ2n) is 6.14. The molecule has 0 aliphatic rings. The zero-order chi connectivity index (χ0) is 20.6. The number of carbonyl (C=O) groups is 2. The van der Waals surface area contributed by atoms with Crippen LogP contribution in [-0.2, 0) is 17.8 Å². The fourth-order valence-electron chi connectivity index (χ4n) is 2.44. The van der Waals surface area contributed by atoms with E-state index in [9.17, 15) is 9.59 Å². The third-order valence-electron chi connectivity index (χ3n) is 3.87. The molecule has 1 aromatic heterocycles. The van der Waals surface area contributed by atoms with Crippen LogP contribution in [0.1, 0.15) is 17.7 Å². The number of nitrogens with one attached hydrogen (secondary N) is 3. The smallest absolute Gasteiger partial charge is 0.325 e. The largest absolute Gasteiger partial charge is 0.352 e. The van der Waals surface area contributed by atoms with Crippen LogP contribution in [0.4, 0.5) is 15.6 Å². The average Bonchev–Trinajstić information content (AvgIpc) is 3.13. The number of amides is 3. The number of rotatable bonds is 7. The van der Waals surface area contributed by atoms with E-state index in [4.69, 9.17) is 23.2 Å². The molecule has 0 atom stereocenters. The Morgan fingerprint density at radius 2 is 1.79 bits per heavy atom. The Hall–Kier alpha value is -2.61. The van der Waals surface area contributed by atoms with Gasteiger partial charge in [-0.25, -0.2) is 9.78 Å². The molecule has 0 aliphatic heterocycles. The van der Waals surface area contributed by atoms with Gasteiger partial charge in [-0.3, -0.25) is 10.1 Å². The summed E-state index contributed by atoms with van der Waals surface area (Å²) in [4.78, 5) is 28.4. The van der Waals surface area contributed by atoms with Crippen molar-refractivity contribution in [2.75, 3.05) is 10.6 Å². The average molecular weight is 449 g/mol. The van der Waals surface area contributed by atoms with Gasteiger partial charge in [-0.05, 0) is 42.3 Å². The minimum Gasteiger partial charge on any atom is -0.352 e. The quantitative estimate of drug-likeness (QED) is 0.455. The van der Waals surface area contributed by atoms with E-state index < -0.39 is 6.03 Å². The molecule has 1 heterocycles. The van der Waals surface area contributed by atoms with Gasteiger partial charge in [0.05, 0.1) is 5.69 Å². The van der Waals surface area contributed by atoms with Gasteiger partial charge in [0.25, 0.3) is 0 Å². The lowest BCUT2D eigenvalue weighted by Crippen LogP contribution is -2.23. The Kier molecular flexibility index (Phi) is 7.46. The van der Waals surface area contributed by atoms with Gasteiger partial charge in [0, 0.05) is 34.1 Å². The lowest BCUT2D eigenvalue weighted by molar-refractivity contribution is -0.121. The first-order valence-electron chi connectivity index (χ1n) is 8.77. The highest BCUT2D eigenvalue weighted by Gasteiger charge is 2.09. The maximum absolute atomic E-state index is 12.0. The third-order valence-corrected chi connectivity index (χ3v) is 5.16. The van der Waals surface area contributed by atoms with Crippen molar-refractivity contribution in [3.05, 3.63) is 75.2 Å². The number of nitrogens with zero attached hydrogens (tertiary/aromatic N) is 1. The van der Waals surface area contributed by atoms with Crippen LogP contribution in [0, 0.1) is 0 Å².